The highest BCUT2D eigenvalue weighted by atomic mass is 15.2. The van der Waals surface area contributed by atoms with Crippen molar-refractivity contribution in [2.45, 2.75) is 5.41 Å². The van der Waals surface area contributed by atoms with E-state index in [2.05, 4.69) is 171 Å². The smallest absolute Gasteiger partial charge is 0.196 e. The minimum atomic E-state index is -0.540. The van der Waals surface area contributed by atoms with Crippen LogP contribution in [0.15, 0.2) is 176 Å². The molecule has 2 aliphatic rings. The number of hydrogen-bond acceptors (Lipinski definition) is 3. The third-order valence-electron chi connectivity index (χ3n) is 11.5. The van der Waals surface area contributed by atoms with Gasteiger partial charge in [-0.3, -0.25) is 4.98 Å². The van der Waals surface area contributed by atoms with Gasteiger partial charge < -0.3 is 9.47 Å². The molecular weight excluding hydrogens is 671 g/mol. The van der Waals surface area contributed by atoms with Gasteiger partial charge in [-0.2, -0.15) is 5.26 Å². The number of aromatic nitrogens is 2. The van der Waals surface area contributed by atoms with E-state index in [0.717, 1.165) is 50.1 Å². The Labute approximate surface area is 318 Å². The molecule has 55 heavy (non-hydrogen) atoms. The first-order valence-electron chi connectivity index (χ1n) is 18.3. The van der Waals surface area contributed by atoms with Gasteiger partial charge in [0.15, 0.2) is 5.69 Å². The topological polar surface area (TPSA) is 49.2 Å². The van der Waals surface area contributed by atoms with E-state index >= 15 is 0 Å². The Morgan fingerprint density at radius 2 is 1.18 bits per heavy atom. The lowest BCUT2D eigenvalue weighted by Gasteiger charge is -2.45. The first-order chi connectivity index (χ1) is 27.2. The lowest BCUT2D eigenvalue weighted by molar-refractivity contribution is 0.752. The van der Waals surface area contributed by atoms with Crippen LogP contribution in [-0.2, 0) is 5.41 Å². The molecular formula is C50H29N5. The summed E-state index contributed by atoms with van der Waals surface area (Å²) in [6.07, 6.45) is 3.76. The Kier molecular flexibility index (Phi) is 6.53. The third-order valence-corrected chi connectivity index (χ3v) is 11.5. The summed E-state index contributed by atoms with van der Waals surface area (Å²) in [5, 5.41) is 12.6. The van der Waals surface area contributed by atoms with E-state index in [9.17, 15) is 5.26 Å². The first kappa shape index (κ1) is 30.9. The highest BCUT2D eigenvalue weighted by Gasteiger charge is 2.51. The molecule has 0 saturated carbocycles. The highest BCUT2D eigenvalue weighted by molar-refractivity contribution is 6.09. The Bertz CT molecular complexity index is 2980. The highest BCUT2D eigenvalue weighted by Crippen LogP contribution is 2.63. The normalized spacial score (nSPS) is 13.2. The fourth-order valence-corrected chi connectivity index (χ4v) is 9.46. The number of benzene rings is 7. The molecule has 0 bridgehead atoms. The molecule has 0 atom stereocenters. The molecule has 9 aromatic rings. The monoisotopic (exact) mass is 699 g/mol. The largest absolute Gasteiger partial charge is 0.310 e. The molecule has 11 rings (SSSR count). The van der Waals surface area contributed by atoms with Crippen LogP contribution < -0.4 is 4.90 Å². The second-order valence-electron chi connectivity index (χ2n) is 14.1. The molecule has 0 saturated heterocycles. The molecule has 0 amide bonds. The van der Waals surface area contributed by atoms with Crippen LogP contribution in [0.4, 0.5) is 22.7 Å². The molecule has 2 aromatic heterocycles. The zero-order valence-electron chi connectivity index (χ0n) is 29.5. The summed E-state index contributed by atoms with van der Waals surface area (Å²) in [5.41, 5.74) is 15.3. The molecule has 0 unspecified atom stereocenters. The van der Waals surface area contributed by atoms with Crippen LogP contribution in [0.2, 0.25) is 0 Å². The van der Waals surface area contributed by atoms with Crippen molar-refractivity contribution >= 4 is 44.6 Å². The summed E-state index contributed by atoms with van der Waals surface area (Å²) in [7, 11) is 0. The van der Waals surface area contributed by atoms with Crippen molar-refractivity contribution in [3.63, 3.8) is 0 Å². The molecule has 5 heteroatoms. The number of para-hydroxylation sites is 3. The minimum Gasteiger partial charge on any atom is -0.310 e. The second-order valence-corrected chi connectivity index (χ2v) is 14.1. The van der Waals surface area contributed by atoms with Gasteiger partial charge in [-0.15, -0.1) is 0 Å². The fraction of sp³-hybridized carbons (Fsp3) is 0.0200. The van der Waals surface area contributed by atoms with Crippen LogP contribution in [0.3, 0.4) is 0 Å². The van der Waals surface area contributed by atoms with E-state index in [0.29, 0.717) is 16.8 Å². The molecule has 5 nitrogen and oxygen atoms in total. The van der Waals surface area contributed by atoms with E-state index in [-0.39, 0.29) is 0 Å². The lowest BCUT2D eigenvalue weighted by Crippen LogP contribution is -2.36. The summed E-state index contributed by atoms with van der Waals surface area (Å²) in [4.78, 5) is 10.8. The number of anilines is 3. The van der Waals surface area contributed by atoms with Crippen molar-refractivity contribution in [3.8, 4) is 34.0 Å². The van der Waals surface area contributed by atoms with Crippen molar-refractivity contribution in [2.75, 3.05) is 4.90 Å². The van der Waals surface area contributed by atoms with E-state index in [1.807, 2.05) is 12.4 Å². The molecule has 3 heterocycles. The molecule has 0 N–H and O–H groups in total. The van der Waals surface area contributed by atoms with Crippen molar-refractivity contribution < 1.29 is 0 Å². The van der Waals surface area contributed by atoms with Crippen molar-refractivity contribution in [3.05, 3.63) is 215 Å². The Morgan fingerprint density at radius 3 is 1.87 bits per heavy atom. The molecule has 0 fully saturated rings. The fourth-order valence-electron chi connectivity index (χ4n) is 9.46. The molecule has 1 aliphatic carbocycles. The summed E-state index contributed by atoms with van der Waals surface area (Å²) in [5.74, 6) is 0. The molecule has 0 radical (unpaired) electrons. The van der Waals surface area contributed by atoms with Gasteiger partial charge in [0, 0.05) is 45.7 Å². The Balaban J connectivity index is 1.26. The van der Waals surface area contributed by atoms with Gasteiger partial charge in [-0.1, -0.05) is 115 Å². The van der Waals surface area contributed by atoms with Crippen molar-refractivity contribution in [1.82, 2.24) is 9.55 Å². The van der Waals surface area contributed by atoms with Gasteiger partial charge in [0.2, 0.25) is 0 Å². The van der Waals surface area contributed by atoms with Gasteiger partial charge in [0.25, 0.3) is 0 Å². The number of rotatable bonds is 3. The standard InChI is InChI=1S/C50H29N5/c1-52-44-21-12-13-32(30-51)49(44)33-27-34(54-45-22-9-4-16-38(45)39-31-53-26-25-46(39)54)29-35(28-33)55-47-23-10-7-19-42(47)50(43-20-8-11-24-48(43)55)40-17-5-2-14-36(40)37-15-3-6-18-41(37)50/h2-29,31H. The van der Waals surface area contributed by atoms with Crippen LogP contribution in [0.5, 0.6) is 0 Å². The van der Waals surface area contributed by atoms with E-state index in [1.165, 1.54) is 33.4 Å². The van der Waals surface area contributed by atoms with Crippen molar-refractivity contribution in [2.24, 2.45) is 0 Å². The van der Waals surface area contributed by atoms with E-state index in [1.54, 1.807) is 18.2 Å². The molecule has 1 spiro atoms. The zero-order chi connectivity index (χ0) is 36.7. The quantitative estimate of drug-likeness (QED) is 0.173. The summed E-state index contributed by atoms with van der Waals surface area (Å²) >= 11 is 0. The average molecular weight is 700 g/mol. The van der Waals surface area contributed by atoms with E-state index < -0.39 is 5.41 Å². The lowest BCUT2D eigenvalue weighted by atomic mass is 9.64. The van der Waals surface area contributed by atoms with Crippen LogP contribution in [0.1, 0.15) is 27.8 Å². The number of hydrogen-bond donors (Lipinski definition) is 0. The molecule has 1 aliphatic heterocycles. The maximum atomic E-state index is 10.4. The predicted octanol–water partition coefficient (Wildman–Crippen LogP) is 12.4. The number of pyridine rings is 1. The van der Waals surface area contributed by atoms with Crippen LogP contribution >= 0.6 is 0 Å². The van der Waals surface area contributed by atoms with Crippen molar-refractivity contribution in [1.29, 1.82) is 5.26 Å². The van der Waals surface area contributed by atoms with Crippen LogP contribution in [0.25, 0.3) is 54.6 Å². The van der Waals surface area contributed by atoms with Gasteiger partial charge in [0.05, 0.1) is 40.5 Å². The Hall–Kier alpha value is -7.73. The number of fused-ring (bicyclic) bond motifs is 12. The molecule has 7 aromatic carbocycles. The molecule has 254 valence electrons. The predicted molar refractivity (Wildman–Crippen MR) is 221 cm³/mol. The van der Waals surface area contributed by atoms with Gasteiger partial charge in [-0.25, -0.2) is 4.85 Å². The van der Waals surface area contributed by atoms with Gasteiger partial charge in [-0.05, 0) is 87.5 Å². The zero-order valence-corrected chi connectivity index (χ0v) is 29.5. The number of nitriles is 1. The third kappa shape index (κ3) is 4.12. The minimum absolute atomic E-state index is 0.436. The van der Waals surface area contributed by atoms with Gasteiger partial charge >= 0.3 is 0 Å². The maximum Gasteiger partial charge on any atom is 0.196 e. The average Bonchev–Trinajstić information content (AvgIpc) is 3.74. The summed E-state index contributed by atoms with van der Waals surface area (Å²) in [6, 6.07) is 59.9. The first-order valence-corrected chi connectivity index (χ1v) is 18.3. The van der Waals surface area contributed by atoms with Gasteiger partial charge in [0.1, 0.15) is 0 Å². The second kappa shape index (κ2) is 11.6. The van der Waals surface area contributed by atoms with Crippen LogP contribution in [-0.4, -0.2) is 9.55 Å². The SMILES string of the molecule is [C-]#[N+]c1cccc(C#N)c1-c1cc(N2c3ccccc3C3(c4ccccc4-c4ccccc43)c3ccccc32)cc(-n2c3ccccc3c3cnccc32)c1. The van der Waals surface area contributed by atoms with E-state index in [4.69, 9.17) is 6.57 Å². The number of nitrogens with zero attached hydrogens (tertiary/aromatic N) is 5. The summed E-state index contributed by atoms with van der Waals surface area (Å²) in [6.45, 7) is 8.16. The van der Waals surface area contributed by atoms with Crippen LogP contribution in [0, 0.1) is 17.9 Å². The maximum absolute atomic E-state index is 10.4. The Morgan fingerprint density at radius 1 is 0.582 bits per heavy atom. The summed E-state index contributed by atoms with van der Waals surface area (Å²) < 4.78 is 2.28.